The molecular weight excluding hydrogens is 426 g/mol. The SMILES string of the molecule is O=C(C=Cc1cnn2ccc(N3CCC[C@@H]3c3cc(F)ccc3F)nc12)N1CCCNCC1. The Kier molecular flexibility index (Phi) is 6.04. The van der Waals surface area contributed by atoms with Crippen LogP contribution in [0.2, 0.25) is 0 Å². The summed E-state index contributed by atoms with van der Waals surface area (Å²) in [5, 5.41) is 7.63. The lowest BCUT2D eigenvalue weighted by molar-refractivity contribution is -0.125. The number of hydrogen-bond donors (Lipinski definition) is 1. The predicted octanol–water partition coefficient (Wildman–Crippen LogP) is 3.18. The molecule has 0 saturated carbocycles. The average Bonchev–Trinajstić information content (AvgIpc) is 3.37. The fraction of sp³-hybridized carbons (Fsp3) is 0.375. The van der Waals surface area contributed by atoms with Crippen LogP contribution in [0, 0.1) is 11.6 Å². The number of carbonyl (C=O) groups is 1. The molecule has 2 aliphatic heterocycles. The van der Waals surface area contributed by atoms with Gasteiger partial charge in [0.05, 0.1) is 12.2 Å². The number of rotatable bonds is 4. The Bertz CT molecular complexity index is 1180. The zero-order valence-electron chi connectivity index (χ0n) is 18.3. The Labute approximate surface area is 190 Å². The van der Waals surface area contributed by atoms with Gasteiger partial charge >= 0.3 is 0 Å². The Hall–Kier alpha value is -3.33. The molecule has 9 heteroatoms. The summed E-state index contributed by atoms with van der Waals surface area (Å²) in [7, 11) is 0. The Morgan fingerprint density at radius 1 is 1.12 bits per heavy atom. The minimum Gasteiger partial charge on any atom is -0.349 e. The van der Waals surface area contributed by atoms with Crippen LogP contribution in [-0.4, -0.2) is 58.1 Å². The highest BCUT2D eigenvalue weighted by Gasteiger charge is 2.30. The van der Waals surface area contributed by atoms with E-state index in [4.69, 9.17) is 4.98 Å². The molecule has 33 heavy (non-hydrogen) atoms. The second-order valence-electron chi connectivity index (χ2n) is 8.43. The van der Waals surface area contributed by atoms with Gasteiger partial charge in [0.25, 0.3) is 0 Å². The number of carbonyl (C=O) groups excluding carboxylic acids is 1. The highest BCUT2D eigenvalue weighted by atomic mass is 19.1. The van der Waals surface area contributed by atoms with Crippen LogP contribution in [0.5, 0.6) is 0 Å². The van der Waals surface area contributed by atoms with Gasteiger partial charge in [-0.05, 0) is 56.1 Å². The van der Waals surface area contributed by atoms with Gasteiger partial charge in [-0.2, -0.15) is 5.10 Å². The summed E-state index contributed by atoms with van der Waals surface area (Å²) in [5.41, 5.74) is 1.69. The molecule has 1 N–H and O–H groups in total. The molecule has 2 fully saturated rings. The molecule has 172 valence electrons. The van der Waals surface area contributed by atoms with Crippen LogP contribution in [0.15, 0.2) is 42.7 Å². The second kappa shape index (κ2) is 9.27. The first-order valence-corrected chi connectivity index (χ1v) is 11.3. The fourth-order valence-electron chi connectivity index (χ4n) is 4.62. The van der Waals surface area contributed by atoms with Crippen LogP contribution in [0.25, 0.3) is 11.7 Å². The van der Waals surface area contributed by atoms with E-state index in [9.17, 15) is 13.6 Å². The van der Waals surface area contributed by atoms with Crippen LogP contribution in [0.3, 0.4) is 0 Å². The molecule has 4 heterocycles. The topological polar surface area (TPSA) is 65.8 Å². The highest BCUT2D eigenvalue weighted by Crippen LogP contribution is 2.36. The normalized spacial score (nSPS) is 19.5. The summed E-state index contributed by atoms with van der Waals surface area (Å²) in [5.74, 6) is -0.219. The third kappa shape index (κ3) is 4.45. The van der Waals surface area contributed by atoms with Gasteiger partial charge in [-0.15, -0.1) is 0 Å². The summed E-state index contributed by atoms with van der Waals surface area (Å²) in [6.45, 7) is 3.84. The summed E-state index contributed by atoms with van der Waals surface area (Å²) >= 11 is 0. The molecule has 5 rings (SSSR count). The Morgan fingerprint density at radius 3 is 2.94 bits per heavy atom. The van der Waals surface area contributed by atoms with E-state index in [-0.39, 0.29) is 11.9 Å². The molecule has 1 amide bonds. The van der Waals surface area contributed by atoms with E-state index >= 15 is 0 Å². The molecule has 1 atom stereocenters. The van der Waals surface area contributed by atoms with Crippen molar-refractivity contribution in [3.8, 4) is 0 Å². The molecule has 2 aromatic heterocycles. The van der Waals surface area contributed by atoms with Crippen molar-refractivity contribution in [3.63, 3.8) is 0 Å². The fourth-order valence-corrected chi connectivity index (χ4v) is 4.62. The van der Waals surface area contributed by atoms with Crippen LogP contribution in [-0.2, 0) is 4.79 Å². The minimum atomic E-state index is -0.449. The molecule has 7 nitrogen and oxygen atoms in total. The molecule has 0 bridgehead atoms. The molecule has 0 aliphatic carbocycles. The summed E-state index contributed by atoms with van der Waals surface area (Å²) in [6.07, 6.45) is 9.30. The number of anilines is 1. The first kappa shape index (κ1) is 21.5. The van der Waals surface area contributed by atoms with Crippen molar-refractivity contribution in [1.82, 2.24) is 24.8 Å². The van der Waals surface area contributed by atoms with Gasteiger partial charge in [0.1, 0.15) is 17.5 Å². The van der Waals surface area contributed by atoms with Crippen molar-refractivity contribution in [2.24, 2.45) is 0 Å². The Balaban J connectivity index is 1.41. The Morgan fingerprint density at radius 2 is 2.03 bits per heavy atom. The lowest BCUT2D eigenvalue weighted by atomic mass is 10.0. The number of nitrogens with one attached hydrogen (secondary N) is 1. The highest BCUT2D eigenvalue weighted by molar-refractivity contribution is 5.92. The zero-order valence-corrected chi connectivity index (χ0v) is 18.3. The quantitative estimate of drug-likeness (QED) is 0.616. The van der Waals surface area contributed by atoms with Crippen molar-refractivity contribution in [2.75, 3.05) is 37.6 Å². The van der Waals surface area contributed by atoms with Crippen LogP contribution < -0.4 is 10.2 Å². The van der Waals surface area contributed by atoms with E-state index in [1.54, 1.807) is 29.1 Å². The number of hydrogen-bond acceptors (Lipinski definition) is 5. The van der Waals surface area contributed by atoms with E-state index in [0.717, 1.165) is 50.5 Å². The first-order chi connectivity index (χ1) is 16.1. The maximum atomic E-state index is 14.5. The van der Waals surface area contributed by atoms with Gasteiger partial charge in [-0.1, -0.05) is 0 Å². The van der Waals surface area contributed by atoms with Crippen molar-refractivity contribution < 1.29 is 13.6 Å². The minimum absolute atomic E-state index is 0.0320. The van der Waals surface area contributed by atoms with Gasteiger partial charge in [-0.3, -0.25) is 4.79 Å². The number of aromatic nitrogens is 3. The third-order valence-electron chi connectivity index (χ3n) is 6.30. The van der Waals surface area contributed by atoms with Crippen LogP contribution >= 0.6 is 0 Å². The summed E-state index contributed by atoms with van der Waals surface area (Å²) in [4.78, 5) is 21.2. The third-order valence-corrected chi connectivity index (χ3v) is 6.30. The van der Waals surface area contributed by atoms with Crippen LogP contribution in [0.4, 0.5) is 14.6 Å². The van der Waals surface area contributed by atoms with Gasteiger partial charge in [0, 0.05) is 49.6 Å². The summed E-state index contributed by atoms with van der Waals surface area (Å²) in [6, 6.07) is 5.13. The molecule has 0 spiro atoms. The lowest BCUT2D eigenvalue weighted by Gasteiger charge is -2.26. The smallest absolute Gasteiger partial charge is 0.246 e. The van der Waals surface area contributed by atoms with Gasteiger partial charge in [0.2, 0.25) is 5.91 Å². The maximum Gasteiger partial charge on any atom is 0.246 e. The van der Waals surface area contributed by atoms with Crippen LogP contribution in [0.1, 0.15) is 36.4 Å². The number of halogens is 2. The summed E-state index contributed by atoms with van der Waals surface area (Å²) < 4.78 is 29.9. The van der Waals surface area contributed by atoms with Gasteiger partial charge in [-0.25, -0.2) is 18.3 Å². The first-order valence-electron chi connectivity index (χ1n) is 11.3. The number of benzene rings is 1. The van der Waals surface area contributed by atoms with Gasteiger partial charge < -0.3 is 15.1 Å². The van der Waals surface area contributed by atoms with Crippen molar-refractivity contribution in [3.05, 3.63) is 65.5 Å². The molecule has 1 aromatic carbocycles. The monoisotopic (exact) mass is 452 g/mol. The van der Waals surface area contributed by atoms with Gasteiger partial charge in [0.15, 0.2) is 5.65 Å². The van der Waals surface area contributed by atoms with E-state index in [0.29, 0.717) is 30.1 Å². The largest absolute Gasteiger partial charge is 0.349 e. The second-order valence-corrected chi connectivity index (χ2v) is 8.43. The molecule has 2 saturated heterocycles. The van der Waals surface area contributed by atoms with Crippen molar-refractivity contribution >= 4 is 23.4 Å². The molecule has 0 unspecified atom stereocenters. The maximum absolute atomic E-state index is 14.5. The predicted molar refractivity (Wildman–Crippen MR) is 122 cm³/mol. The molecular formula is C24H26F2N6O. The molecule has 2 aliphatic rings. The van der Waals surface area contributed by atoms with Crippen molar-refractivity contribution in [2.45, 2.75) is 25.3 Å². The molecule has 3 aromatic rings. The van der Waals surface area contributed by atoms with Crippen molar-refractivity contribution in [1.29, 1.82) is 0 Å². The lowest BCUT2D eigenvalue weighted by Crippen LogP contribution is -2.32. The van der Waals surface area contributed by atoms with E-state index in [1.165, 1.54) is 12.1 Å². The van der Waals surface area contributed by atoms with E-state index < -0.39 is 11.6 Å². The number of amides is 1. The average molecular weight is 453 g/mol. The standard InChI is InChI=1S/C24H26F2N6O/c25-18-5-6-20(26)19(15-18)21-3-1-12-31(21)22-8-13-32-24(29-22)17(16-28-32)4-7-23(33)30-11-2-9-27-10-14-30/h4-8,13,15-16,21,27H,1-3,9-12,14H2/t21-/m1/s1. The van der Waals surface area contributed by atoms with E-state index in [1.807, 2.05) is 15.9 Å². The number of fused-ring (bicyclic) bond motifs is 1. The molecule has 0 radical (unpaired) electrons. The zero-order chi connectivity index (χ0) is 22.8. The number of nitrogens with zero attached hydrogens (tertiary/aromatic N) is 5. The van der Waals surface area contributed by atoms with E-state index in [2.05, 4.69) is 10.4 Å².